The second-order valence-corrected chi connectivity index (χ2v) is 9.18. The third kappa shape index (κ3) is 3.48. The molecule has 0 saturated heterocycles. The summed E-state index contributed by atoms with van der Waals surface area (Å²) >= 11 is 7.78. The van der Waals surface area contributed by atoms with E-state index < -0.39 is 17.9 Å². The van der Waals surface area contributed by atoms with Crippen LogP contribution in [-0.4, -0.2) is 47.4 Å². The molecule has 2 atom stereocenters. The second kappa shape index (κ2) is 7.95. The predicted octanol–water partition coefficient (Wildman–Crippen LogP) is 4.32. The molecule has 32 heavy (non-hydrogen) atoms. The molecule has 2 aromatic heterocycles. The first kappa shape index (κ1) is 21.0. The summed E-state index contributed by atoms with van der Waals surface area (Å²) in [6.45, 7) is 0.810. The Labute approximate surface area is 190 Å². The van der Waals surface area contributed by atoms with Crippen molar-refractivity contribution in [3.8, 4) is 11.1 Å². The topological polar surface area (TPSA) is 99.9 Å². The first-order valence-corrected chi connectivity index (χ1v) is 11.2. The molecule has 11 heteroatoms. The number of thiazole rings is 1. The molecule has 0 radical (unpaired) electrons. The zero-order chi connectivity index (χ0) is 22.6. The fraction of sp³-hybridized carbons (Fsp3) is 0.286. The van der Waals surface area contributed by atoms with E-state index >= 15 is 4.39 Å². The van der Waals surface area contributed by atoms with Crippen LogP contribution in [-0.2, 0) is 4.79 Å². The van der Waals surface area contributed by atoms with Crippen molar-refractivity contribution in [2.45, 2.75) is 12.6 Å². The first-order chi connectivity index (χ1) is 15.4. The van der Waals surface area contributed by atoms with Crippen LogP contribution in [0.15, 0.2) is 24.4 Å². The summed E-state index contributed by atoms with van der Waals surface area (Å²) in [6, 6.07) is 5.41. The van der Waals surface area contributed by atoms with Crippen LogP contribution in [0.2, 0.25) is 5.02 Å². The van der Waals surface area contributed by atoms with E-state index in [4.69, 9.17) is 17.3 Å². The third-order valence-corrected chi connectivity index (χ3v) is 6.86. The number of halogens is 3. The molecule has 1 aliphatic carbocycles. The molecule has 1 fully saturated rings. The lowest BCUT2D eigenvalue weighted by Crippen LogP contribution is -2.26. The predicted molar refractivity (Wildman–Crippen MR) is 124 cm³/mol. The van der Waals surface area contributed by atoms with E-state index in [0.717, 1.165) is 4.70 Å². The zero-order valence-corrected chi connectivity index (χ0v) is 18.5. The molecule has 1 aliphatic rings. The highest BCUT2D eigenvalue weighted by molar-refractivity contribution is 7.22. The number of anilines is 2. The average Bonchev–Trinajstić information content (AvgIpc) is 3.12. The lowest BCUT2D eigenvalue weighted by atomic mass is 10.00. The van der Waals surface area contributed by atoms with Gasteiger partial charge in [0.1, 0.15) is 11.9 Å². The van der Waals surface area contributed by atoms with Gasteiger partial charge in [-0.15, -0.1) is 0 Å². The normalized spacial score (nSPS) is 17.8. The Kier molecular flexibility index (Phi) is 5.23. The Hall–Kier alpha value is -2.82. The maximum Gasteiger partial charge on any atom is 0.232 e. The van der Waals surface area contributed by atoms with Gasteiger partial charge in [-0.25, -0.2) is 13.8 Å². The van der Waals surface area contributed by atoms with Gasteiger partial charge in [-0.05, 0) is 24.1 Å². The molecule has 166 valence electrons. The summed E-state index contributed by atoms with van der Waals surface area (Å²) in [5, 5.41) is 10.7. The van der Waals surface area contributed by atoms with Gasteiger partial charge in [0, 0.05) is 31.1 Å². The molecule has 0 bridgehead atoms. The van der Waals surface area contributed by atoms with Crippen LogP contribution in [0.1, 0.15) is 6.42 Å². The van der Waals surface area contributed by atoms with Crippen molar-refractivity contribution >= 4 is 60.8 Å². The number of amides is 1. The van der Waals surface area contributed by atoms with E-state index in [0.29, 0.717) is 51.5 Å². The molecule has 2 unspecified atom stereocenters. The SMILES string of the molecule is CN(CCN)c1c(F)c(Cl)c(-c2ccc3nc(NC(=O)C4CC4F)sc3c2)c2cn[nH]c12. The maximum absolute atomic E-state index is 15.4. The summed E-state index contributed by atoms with van der Waals surface area (Å²) < 4.78 is 29.3. The monoisotopic (exact) mass is 476 g/mol. The fourth-order valence-electron chi connectivity index (χ4n) is 3.81. The van der Waals surface area contributed by atoms with E-state index in [-0.39, 0.29) is 17.4 Å². The zero-order valence-electron chi connectivity index (χ0n) is 17.0. The number of carbonyl (C=O) groups is 1. The number of benzene rings is 2. The van der Waals surface area contributed by atoms with Crippen molar-refractivity contribution in [1.29, 1.82) is 0 Å². The number of hydrogen-bond acceptors (Lipinski definition) is 6. The average molecular weight is 477 g/mol. The Morgan fingerprint density at radius 2 is 2.25 bits per heavy atom. The largest absolute Gasteiger partial charge is 0.369 e. The number of hydrogen-bond donors (Lipinski definition) is 3. The quantitative estimate of drug-likeness (QED) is 0.385. The molecule has 5 rings (SSSR count). The molecule has 4 aromatic rings. The van der Waals surface area contributed by atoms with Gasteiger partial charge in [0.05, 0.1) is 32.9 Å². The van der Waals surface area contributed by atoms with Gasteiger partial charge in [0.15, 0.2) is 10.9 Å². The summed E-state index contributed by atoms with van der Waals surface area (Å²) in [4.78, 5) is 18.1. The van der Waals surface area contributed by atoms with Crippen molar-refractivity contribution in [1.82, 2.24) is 15.2 Å². The number of nitrogens with two attached hydrogens (primary N) is 1. The van der Waals surface area contributed by atoms with Crippen molar-refractivity contribution in [3.63, 3.8) is 0 Å². The van der Waals surface area contributed by atoms with Gasteiger partial charge in [0.25, 0.3) is 0 Å². The highest BCUT2D eigenvalue weighted by Crippen LogP contribution is 2.43. The minimum absolute atomic E-state index is 0.0158. The molecule has 2 aromatic carbocycles. The number of likely N-dealkylation sites (N-methyl/N-ethyl adjacent to an activating group) is 1. The standard InChI is InChI=1S/C21H19ClF2N6OS/c1-30(5-4-25)19-17(24)16(22)15(11-8-26-29-18(11)19)9-2-3-13-14(6-9)32-21(27-13)28-20(31)10-7-12(10)23/h2-3,6,8,10,12H,4-5,7,25H2,1H3,(H,26,29)(H,27,28,31). The van der Waals surface area contributed by atoms with Crippen LogP contribution >= 0.6 is 22.9 Å². The number of nitrogens with one attached hydrogen (secondary N) is 2. The van der Waals surface area contributed by atoms with Gasteiger partial charge in [-0.2, -0.15) is 5.10 Å². The Bertz CT molecular complexity index is 1360. The molecule has 1 saturated carbocycles. The van der Waals surface area contributed by atoms with E-state index in [1.54, 1.807) is 30.3 Å². The van der Waals surface area contributed by atoms with Crippen molar-refractivity contribution in [3.05, 3.63) is 35.2 Å². The molecular weight excluding hydrogens is 458 g/mol. The van der Waals surface area contributed by atoms with Gasteiger partial charge in [-0.3, -0.25) is 9.89 Å². The van der Waals surface area contributed by atoms with Crippen LogP contribution in [0, 0.1) is 11.7 Å². The van der Waals surface area contributed by atoms with Gasteiger partial charge in [0.2, 0.25) is 5.91 Å². The van der Waals surface area contributed by atoms with Crippen molar-refractivity contribution in [2.24, 2.45) is 11.7 Å². The van der Waals surface area contributed by atoms with Crippen LogP contribution < -0.4 is 16.0 Å². The van der Waals surface area contributed by atoms with E-state index in [1.165, 1.54) is 11.3 Å². The van der Waals surface area contributed by atoms with Crippen molar-refractivity contribution in [2.75, 3.05) is 30.4 Å². The van der Waals surface area contributed by atoms with Crippen molar-refractivity contribution < 1.29 is 13.6 Å². The molecular formula is C21H19ClF2N6OS. The molecule has 7 nitrogen and oxygen atoms in total. The van der Waals surface area contributed by atoms with E-state index in [2.05, 4.69) is 20.5 Å². The Balaban J connectivity index is 1.57. The summed E-state index contributed by atoms with van der Waals surface area (Å²) in [7, 11) is 1.74. The summed E-state index contributed by atoms with van der Waals surface area (Å²) in [5.74, 6) is -1.51. The van der Waals surface area contributed by atoms with E-state index in [1.807, 2.05) is 6.07 Å². The number of H-pyrrole nitrogens is 1. The fourth-order valence-corrected chi connectivity index (χ4v) is 5.02. The number of nitrogens with zero attached hydrogens (tertiary/aromatic N) is 3. The lowest BCUT2D eigenvalue weighted by molar-refractivity contribution is -0.117. The summed E-state index contributed by atoms with van der Waals surface area (Å²) in [6.07, 6.45) is 0.793. The third-order valence-electron chi connectivity index (χ3n) is 5.57. The van der Waals surface area contributed by atoms with Crippen LogP contribution in [0.3, 0.4) is 0 Å². The maximum atomic E-state index is 15.4. The molecule has 2 heterocycles. The van der Waals surface area contributed by atoms with Crippen LogP contribution in [0.5, 0.6) is 0 Å². The van der Waals surface area contributed by atoms with Crippen LogP contribution in [0.25, 0.3) is 32.2 Å². The minimum Gasteiger partial charge on any atom is -0.369 e. The van der Waals surface area contributed by atoms with Gasteiger partial charge in [-0.1, -0.05) is 29.0 Å². The van der Waals surface area contributed by atoms with Gasteiger partial charge >= 0.3 is 0 Å². The Morgan fingerprint density at radius 3 is 2.97 bits per heavy atom. The number of rotatable bonds is 6. The Morgan fingerprint density at radius 1 is 1.47 bits per heavy atom. The number of fused-ring (bicyclic) bond motifs is 2. The van der Waals surface area contributed by atoms with Crippen LogP contribution in [0.4, 0.5) is 19.6 Å². The highest BCUT2D eigenvalue weighted by Gasteiger charge is 2.43. The second-order valence-electron chi connectivity index (χ2n) is 7.77. The highest BCUT2D eigenvalue weighted by atomic mass is 35.5. The smallest absolute Gasteiger partial charge is 0.232 e. The molecule has 1 amide bonds. The number of aromatic nitrogens is 3. The summed E-state index contributed by atoms with van der Waals surface area (Å²) in [5.41, 5.74) is 8.34. The molecule has 0 aliphatic heterocycles. The van der Waals surface area contributed by atoms with E-state index in [9.17, 15) is 9.18 Å². The molecule has 0 spiro atoms. The minimum atomic E-state index is -1.07. The lowest BCUT2D eigenvalue weighted by Gasteiger charge is -2.21. The first-order valence-electron chi connectivity index (χ1n) is 10.00. The number of carbonyl (C=O) groups excluding carboxylic acids is 1. The van der Waals surface area contributed by atoms with Gasteiger partial charge < -0.3 is 16.0 Å². The molecule has 4 N–H and O–H groups in total. The number of alkyl halides is 1. The number of aromatic amines is 1.